The molecule has 316 valence electrons. The second kappa shape index (κ2) is 21.5. The molecule has 0 aliphatic carbocycles. The number of benzene rings is 2. The first-order valence-corrected chi connectivity index (χ1v) is 20.4. The maximum absolute atomic E-state index is 14.0. The zero-order chi connectivity index (χ0) is 43.1. The summed E-state index contributed by atoms with van der Waals surface area (Å²) in [5, 5.41) is 8.04. The Labute approximate surface area is 338 Å². The first-order valence-electron chi connectivity index (χ1n) is 18.7. The van der Waals surface area contributed by atoms with Crippen molar-refractivity contribution >= 4 is 46.7 Å². The molecule has 2 aromatic rings. The second-order valence-corrected chi connectivity index (χ2v) is 18.1. The molecule has 4 atom stereocenters. The van der Waals surface area contributed by atoms with Gasteiger partial charge >= 0.3 is 18.2 Å². The minimum Gasteiger partial charge on any atom is -0.460 e. The Kier molecular flexibility index (Phi) is 18.2. The number of hydrogen-bond acceptors (Lipinski definition) is 11. The van der Waals surface area contributed by atoms with Gasteiger partial charge in [0.1, 0.15) is 40.7 Å². The molecule has 0 aliphatic rings. The lowest BCUT2D eigenvalue weighted by molar-refractivity contribution is -0.155. The molecule has 0 radical (unpaired) electrons. The summed E-state index contributed by atoms with van der Waals surface area (Å²) in [4.78, 5) is 80.6. The average Bonchev–Trinajstić information content (AvgIpc) is 3.06. The number of likely N-dealkylation sites (N-methyl/N-ethyl adjacent to an activating group) is 1. The molecule has 0 bridgehead atoms. The Hall–Kier alpha value is -4.99. The van der Waals surface area contributed by atoms with Crippen LogP contribution in [0, 0.1) is 0 Å². The highest BCUT2D eigenvalue weighted by atomic mass is 32.2. The summed E-state index contributed by atoms with van der Waals surface area (Å²) in [7, 11) is 0.161. The monoisotopic (exact) mass is 816 g/mol. The van der Waals surface area contributed by atoms with Gasteiger partial charge in [-0.05, 0) is 92.0 Å². The van der Waals surface area contributed by atoms with Crippen molar-refractivity contribution < 1.29 is 51.9 Å². The number of alkyl carbamates (subject to hydrolysis) is 1. The molecule has 0 aliphatic heterocycles. The Balaban J connectivity index is 2.36. The van der Waals surface area contributed by atoms with Gasteiger partial charge in [-0.2, -0.15) is 0 Å². The van der Waals surface area contributed by atoms with E-state index in [9.17, 15) is 33.0 Å². The van der Waals surface area contributed by atoms with Gasteiger partial charge in [0.2, 0.25) is 17.7 Å². The zero-order valence-electron chi connectivity index (χ0n) is 35.0. The van der Waals surface area contributed by atoms with Crippen LogP contribution in [0.3, 0.4) is 0 Å². The van der Waals surface area contributed by atoms with E-state index in [0.29, 0.717) is 5.56 Å². The molecule has 4 amide bonds. The fourth-order valence-corrected chi connectivity index (χ4v) is 5.70. The molecular formula is C41H60N4O11S. The van der Waals surface area contributed by atoms with Crippen LogP contribution < -0.4 is 20.7 Å². The van der Waals surface area contributed by atoms with E-state index in [1.807, 2.05) is 6.07 Å². The molecule has 0 fully saturated rings. The van der Waals surface area contributed by atoms with Crippen molar-refractivity contribution in [1.82, 2.24) is 20.9 Å². The minimum atomic E-state index is -1.35. The summed E-state index contributed by atoms with van der Waals surface area (Å²) in [5.41, 5.74) is -1.05. The van der Waals surface area contributed by atoms with Gasteiger partial charge in [-0.25, -0.2) is 9.59 Å². The highest BCUT2D eigenvalue weighted by molar-refractivity contribution is 7.84. The molecule has 0 spiro atoms. The molecule has 0 aromatic heterocycles. The fraction of sp³-hybridized carbons (Fsp3) is 0.561. The van der Waals surface area contributed by atoms with E-state index in [1.54, 1.807) is 98.7 Å². The van der Waals surface area contributed by atoms with Crippen LogP contribution >= 0.6 is 0 Å². The van der Waals surface area contributed by atoms with E-state index in [2.05, 4.69) is 16.0 Å². The largest absolute Gasteiger partial charge is 0.514 e. The van der Waals surface area contributed by atoms with Crippen molar-refractivity contribution in [1.29, 1.82) is 0 Å². The lowest BCUT2D eigenvalue weighted by atomic mass is 10.0. The van der Waals surface area contributed by atoms with Crippen LogP contribution in [0.2, 0.25) is 0 Å². The molecule has 3 N–H and O–H groups in total. The smallest absolute Gasteiger partial charge is 0.460 e. The van der Waals surface area contributed by atoms with E-state index in [0.717, 1.165) is 5.56 Å². The summed E-state index contributed by atoms with van der Waals surface area (Å²) in [6.07, 6.45) is -0.415. The molecule has 0 saturated heterocycles. The number of amides is 4. The number of carbonyl (C=O) groups excluding carboxylic acids is 6. The maximum Gasteiger partial charge on any atom is 0.514 e. The number of rotatable bonds is 17. The Bertz CT molecular complexity index is 1700. The molecular weight excluding hydrogens is 757 g/mol. The summed E-state index contributed by atoms with van der Waals surface area (Å²) >= 11 is 0. The number of hydrogen-bond donors (Lipinski definition) is 3. The van der Waals surface area contributed by atoms with Crippen LogP contribution in [-0.2, 0) is 57.0 Å². The van der Waals surface area contributed by atoms with E-state index in [4.69, 9.17) is 18.9 Å². The van der Waals surface area contributed by atoms with E-state index < -0.39 is 81.7 Å². The molecule has 2 aromatic carbocycles. The van der Waals surface area contributed by atoms with Crippen LogP contribution in [0.25, 0.3) is 0 Å². The van der Waals surface area contributed by atoms with Gasteiger partial charge in [-0.15, -0.1) is 0 Å². The van der Waals surface area contributed by atoms with Gasteiger partial charge in [0.05, 0.1) is 6.42 Å². The third-order valence-corrected chi connectivity index (χ3v) is 8.44. The molecule has 2 rings (SSSR count). The summed E-state index contributed by atoms with van der Waals surface area (Å²) < 4.78 is 33.4. The lowest BCUT2D eigenvalue weighted by Crippen LogP contribution is -2.58. The van der Waals surface area contributed by atoms with E-state index >= 15 is 0 Å². The number of nitrogens with zero attached hydrogens (tertiary/aromatic N) is 1. The topological polar surface area (TPSA) is 196 Å². The number of nitrogens with one attached hydrogen (secondary N) is 3. The summed E-state index contributed by atoms with van der Waals surface area (Å²) in [6, 6.07) is 11.6. The Morgan fingerprint density at radius 1 is 0.667 bits per heavy atom. The number of ether oxygens (including phenoxy) is 4. The van der Waals surface area contributed by atoms with E-state index in [1.165, 1.54) is 30.3 Å². The number of carbonyl (C=O) groups is 6. The van der Waals surface area contributed by atoms with Crippen LogP contribution in [0.4, 0.5) is 9.59 Å². The second-order valence-electron chi connectivity index (χ2n) is 16.6. The zero-order valence-corrected chi connectivity index (χ0v) is 35.8. The van der Waals surface area contributed by atoms with Gasteiger partial charge in [-0.1, -0.05) is 42.5 Å². The SMILES string of the molecule is CN(CCC(=O)OC(C)(C)C)C(=O)[C@H](Cc1ccccc1)NC(=O)[C@@H](CCS(C)=O)NC(=O)[C@H](Cc1ccc(OC(=O)OC(C)(C)C)cc1)NC(=O)OC(C)(C)C. The van der Waals surface area contributed by atoms with Crippen LogP contribution in [-0.4, -0.2) is 106 Å². The van der Waals surface area contributed by atoms with E-state index in [-0.39, 0.29) is 43.7 Å². The lowest BCUT2D eigenvalue weighted by Gasteiger charge is -2.28. The third kappa shape index (κ3) is 20.1. The fourth-order valence-electron chi connectivity index (χ4n) is 5.13. The predicted molar refractivity (Wildman–Crippen MR) is 216 cm³/mol. The van der Waals surface area contributed by atoms with Crippen molar-refractivity contribution in [3.63, 3.8) is 0 Å². The van der Waals surface area contributed by atoms with Crippen molar-refractivity contribution in [2.45, 2.75) is 123 Å². The maximum atomic E-state index is 14.0. The summed E-state index contributed by atoms with van der Waals surface area (Å²) in [5.74, 6) is -2.22. The molecule has 0 saturated carbocycles. The quantitative estimate of drug-likeness (QED) is 0.115. The van der Waals surface area contributed by atoms with Gasteiger partial charge in [0.15, 0.2) is 0 Å². The van der Waals surface area contributed by atoms with Gasteiger partial charge in [0, 0.05) is 49.2 Å². The van der Waals surface area contributed by atoms with Crippen molar-refractivity contribution in [2.24, 2.45) is 0 Å². The van der Waals surface area contributed by atoms with Crippen LogP contribution in [0.15, 0.2) is 54.6 Å². The van der Waals surface area contributed by atoms with Crippen molar-refractivity contribution in [2.75, 3.05) is 25.6 Å². The minimum absolute atomic E-state index is 0.0238. The molecule has 16 heteroatoms. The molecule has 1 unspecified atom stereocenters. The first kappa shape index (κ1) is 48.2. The third-order valence-electron chi connectivity index (χ3n) is 7.63. The van der Waals surface area contributed by atoms with Crippen molar-refractivity contribution in [3.8, 4) is 5.75 Å². The highest BCUT2D eigenvalue weighted by Gasteiger charge is 2.32. The van der Waals surface area contributed by atoms with Crippen LogP contribution in [0.1, 0.15) is 86.3 Å². The van der Waals surface area contributed by atoms with Gasteiger partial charge < -0.3 is 39.8 Å². The standard InChI is InChI=1S/C41H60N4O11S/c1-39(2,3)54-33(46)21-23-45(10)36(49)32(26-27-15-13-12-14-16-27)43-34(47)30(22-24-57(11)52)42-35(48)31(44-37(50)55-40(4,5)6)25-28-17-19-29(20-18-28)53-38(51)56-41(7,8)9/h12-20,30-32H,21-26H2,1-11H3,(H,42,48)(H,43,47)(H,44,50)/t30-,31+,32+,57?/m1/s1. The van der Waals surface area contributed by atoms with Crippen LogP contribution in [0.5, 0.6) is 5.75 Å². The Morgan fingerprint density at radius 3 is 1.72 bits per heavy atom. The van der Waals surface area contributed by atoms with Gasteiger partial charge in [0.25, 0.3) is 0 Å². The molecule has 0 heterocycles. The molecule has 57 heavy (non-hydrogen) atoms. The average molecular weight is 817 g/mol. The van der Waals surface area contributed by atoms with Crippen molar-refractivity contribution in [3.05, 3.63) is 65.7 Å². The highest BCUT2D eigenvalue weighted by Crippen LogP contribution is 2.18. The first-order chi connectivity index (χ1) is 26.3. The van der Waals surface area contributed by atoms with Gasteiger partial charge in [-0.3, -0.25) is 23.4 Å². The normalized spacial score (nSPS) is 13.8. The summed E-state index contributed by atoms with van der Waals surface area (Å²) in [6.45, 7) is 15.4. The predicted octanol–water partition coefficient (Wildman–Crippen LogP) is 4.61. The number of esters is 1. The Morgan fingerprint density at radius 2 is 1.18 bits per heavy atom. The molecule has 15 nitrogen and oxygen atoms in total.